The van der Waals surface area contributed by atoms with Gasteiger partial charge in [0, 0.05) is 12.8 Å². The first-order valence-electron chi connectivity index (χ1n) is 17.1. The van der Waals surface area contributed by atoms with Gasteiger partial charge >= 0.3 is 17.9 Å². The Bertz CT molecular complexity index is 962. The van der Waals surface area contributed by atoms with E-state index in [0.29, 0.717) is 18.8 Å². The molecule has 2 heterocycles. The minimum absolute atomic E-state index is 0.00368. The lowest BCUT2D eigenvalue weighted by Gasteiger charge is -2.45. The summed E-state index contributed by atoms with van der Waals surface area (Å²) in [6.45, 7) is 8.80. The molecule has 0 radical (unpaired) electrons. The number of hydrogen-bond donors (Lipinski definition) is 5. The summed E-state index contributed by atoms with van der Waals surface area (Å²) in [5, 5.41) is 52.9. The maximum absolute atomic E-state index is 12.9. The number of ether oxygens (including phenoxy) is 6. The number of esters is 3. The second-order valence-corrected chi connectivity index (χ2v) is 13.3. The van der Waals surface area contributed by atoms with Gasteiger partial charge < -0.3 is 54.0 Å². The number of aliphatic hydroxyl groups excluding tert-OH is 5. The Kier molecular flexibility index (Phi) is 17.5. The van der Waals surface area contributed by atoms with Crippen LogP contribution in [0, 0.1) is 17.8 Å². The maximum Gasteiger partial charge on any atom is 0.309 e. The summed E-state index contributed by atoms with van der Waals surface area (Å²) >= 11 is 0. The van der Waals surface area contributed by atoms with Crippen LogP contribution in [0.1, 0.15) is 99.3 Å². The smallest absolute Gasteiger partial charge is 0.309 e. The Morgan fingerprint density at radius 2 is 1.45 bits per heavy atom. The minimum Gasteiger partial charge on any atom is -0.455 e. The number of carbonyl (C=O) groups excluding carboxylic acids is 3. The van der Waals surface area contributed by atoms with E-state index in [1.165, 1.54) is 0 Å². The molecule has 2 saturated heterocycles. The largest absolute Gasteiger partial charge is 0.455 e. The molecule has 11 unspecified atom stereocenters. The van der Waals surface area contributed by atoms with Crippen molar-refractivity contribution in [2.75, 3.05) is 19.8 Å². The number of aliphatic hydroxyl groups is 5. The summed E-state index contributed by atoms with van der Waals surface area (Å²) in [5.41, 5.74) is 0. The maximum atomic E-state index is 12.9. The highest BCUT2D eigenvalue weighted by atomic mass is 16.8. The molecule has 0 aromatic rings. The van der Waals surface area contributed by atoms with Crippen LogP contribution < -0.4 is 0 Å². The van der Waals surface area contributed by atoms with Crippen molar-refractivity contribution in [3.63, 3.8) is 0 Å². The molecule has 0 aliphatic carbocycles. The Balaban J connectivity index is 2.27. The van der Waals surface area contributed by atoms with Crippen molar-refractivity contribution in [3.8, 4) is 0 Å². The van der Waals surface area contributed by atoms with Gasteiger partial charge in [0.05, 0.1) is 19.1 Å². The molecule has 47 heavy (non-hydrogen) atoms. The first-order valence-corrected chi connectivity index (χ1v) is 17.1. The van der Waals surface area contributed by atoms with E-state index in [0.717, 1.165) is 32.1 Å². The molecule has 14 nitrogen and oxygen atoms in total. The van der Waals surface area contributed by atoms with Crippen molar-refractivity contribution >= 4 is 17.9 Å². The molecule has 0 aromatic carbocycles. The molecule has 0 bridgehead atoms. The van der Waals surface area contributed by atoms with Gasteiger partial charge in [-0.15, -0.1) is 0 Å². The zero-order valence-corrected chi connectivity index (χ0v) is 28.7. The van der Waals surface area contributed by atoms with E-state index < -0.39 is 98.5 Å². The fourth-order valence-electron chi connectivity index (χ4n) is 5.49. The van der Waals surface area contributed by atoms with Crippen molar-refractivity contribution in [2.45, 2.75) is 154 Å². The van der Waals surface area contributed by atoms with Gasteiger partial charge in [0.25, 0.3) is 0 Å². The molecule has 0 aromatic heterocycles. The SMILES string of the molecule is CCC(C)CCCCCCC(=O)OC1C(O)C(CO)OC1(CO)OC1OC(CO)C(OC(=O)CC(C)C)C(OC(=O)C(C)CC)C1O. The zero-order chi connectivity index (χ0) is 35.3. The van der Waals surface area contributed by atoms with Crippen LogP contribution in [-0.4, -0.2) is 118 Å². The van der Waals surface area contributed by atoms with Crippen molar-refractivity contribution in [2.24, 2.45) is 17.8 Å². The van der Waals surface area contributed by atoms with E-state index in [-0.39, 0.29) is 18.8 Å². The lowest BCUT2D eigenvalue weighted by atomic mass is 9.97. The average Bonchev–Trinajstić information content (AvgIpc) is 3.30. The third-order valence-corrected chi connectivity index (χ3v) is 8.88. The topological polar surface area (TPSA) is 208 Å². The van der Waals surface area contributed by atoms with Crippen LogP contribution in [0.15, 0.2) is 0 Å². The van der Waals surface area contributed by atoms with E-state index in [1.807, 2.05) is 0 Å². The van der Waals surface area contributed by atoms with Gasteiger partial charge in [0.2, 0.25) is 5.79 Å². The van der Waals surface area contributed by atoms with E-state index in [1.54, 1.807) is 27.7 Å². The molecule has 14 heteroatoms. The van der Waals surface area contributed by atoms with E-state index in [2.05, 4.69) is 13.8 Å². The first-order chi connectivity index (χ1) is 22.3. The van der Waals surface area contributed by atoms with Gasteiger partial charge in [-0.25, -0.2) is 0 Å². The summed E-state index contributed by atoms with van der Waals surface area (Å²) in [7, 11) is 0. The van der Waals surface area contributed by atoms with Crippen LogP contribution in [0.5, 0.6) is 0 Å². The summed E-state index contributed by atoms with van der Waals surface area (Å²) in [4.78, 5) is 38.3. The lowest BCUT2D eigenvalue weighted by Crippen LogP contribution is -2.64. The Morgan fingerprint density at radius 1 is 0.787 bits per heavy atom. The summed E-state index contributed by atoms with van der Waals surface area (Å²) in [6.07, 6.45) is -6.74. The van der Waals surface area contributed by atoms with Crippen LogP contribution in [0.3, 0.4) is 0 Å². The van der Waals surface area contributed by atoms with Gasteiger partial charge in [0.15, 0.2) is 24.6 Å². The van der Waals surface area contributed by atoms with Gasteiger partial charge in [-0.05, 0) is 24.7 Å². The zero-order valence-electron chi connectivity index (χ0n) is 28.7. The second-order valence-electron chi connectivity index (χ2n) is 13.3. The van der Waals surface area contributed by atoms with Crippen molar-refractivity contribution in [3.05, 3.63) is 0 Å². The fraction of sp³-hybridized carbons (Fsp3) is 0.909. The fourth-order valence-corrected chi connectivity index (χ4v) is 5.49. The highest BCUT2D eigenvalue weighted by molar-refractivity contribution is 5.72. The van der Waals surface area contributed by atoms with Crippen molar-refractivity contribution in [1.82, 2.24) is 0 Å². The highest BCUT2D eigenvalue weighted by Gasteiger charge is 2.61. The van der Waals surface area contributed by atoms with Gasteiger partial charge in [-0.1, -0.05) is 73.6 Å². The quantitative estimate of drug-likeness (QED) is 0.0706. The molecule has 0 saturated carbocycles. The predicted molar refractivity (Wildman–Crippen MR) is 166 cm³/mol. The first kappa shape index (κ1) is 41.3. The third-order valence-electron chi connectivity index (χ3n) is 8.88. The van der Waals surface area contributed by atoms with E-state index >= 15 is 0 Å². The van der Waals surface area contributed by atoms with Crippen LogP contribution in [-0.2, 0) is 42.8 Å². The molecule has 2 aliphatic rings. The van der Waals surface area contributed by atoms with Crippen LogP contribution >= 0.6 is 0 Å². The summed E-state index contributed by atoms with van der Waals surface area (Å²) in [6, 6.07) is 0. The summed E-state index contributed by atoms with van der Waals surface area (Å²) < 4.78 is 34.1. The minimum atomic E-state index is -2.34. The third kappa shape index (κ3) is 11.6. The lowest BCUT2D eigenvalue weighted by molar-refractivity contribution is -0.384. The molecular weight excluding hydrogens is 620 g/mol. The van der Waals surface area contributed by atoms with Crippen molar-refractivity contribution in [1.29, 1.82) is 0 Å². The number of rotatable bonds is 20. The Labute approximate surface area is 278 Å². The van der Waals surface area contributed by atoms with Crippen molar-refractivity contribution < 1.29 is 68.3 Å². The van der Waals surface area contributed by atoms with Gasteiger partial charge in [-0.3, -0.25) is 14.4 Å². The number of unbranched alkanes of at least 4 members (excludes halogenated alkanes) is 3. The molecule has 274 valence electrons. The normalized spacial score (nSPS) is 32.2. The highest BCUT2D eigenvalue weighted by Crippen LogP contribution is 2.39. The molecular formula is C33H58O14. The molecule has 0 amide bonds. The molecule has 2 fully saturated rings. The van der Waals surface area contributed by atoms with E-state index in [4.69, 9.17) is 28.4 Å². The molecule has 0 spiro atoms. The van der Waals surface area contributed by atoms with Crippen LogP contribution in [0.25, 0.3) is 0 Å². The molecule has 2 aliphatic heterocycles. The molecule has 11 atom stereocenters. The predicted octanol–water partition coefficient (Wildman–Crippen LogP) is 1.74. The average molecular weight is 679 g/mol. The molecule has 5 N–H and O–H groups in total. The van der Waals surface area contributed by atoms with E-state index in [9.17, 15) is 39.9 Å². The Morgan fingerprint density at radius 3 is 2.02 bits per heavy atom. The monoisotopic (exact) mass is 678 g/mol. The second kappa shape index (κ2) is 19.9. The number of hydrogen-bond acceptors (Lipinski definition) is 14. The van der Waals surface area contributed by atoms with Gasteiger partial charge in [0.1, 0.15) is 31.0 Å². The standard InChI is InChI=1S/C33H58O14/c1-7-20(5)13-11-9-10-12-14-24(37)44-30-26(39)22(16-34)46-33(30,18-36)47-32-27(40)29(45-31(41)21(6)8-2)28(23(17-35)42-32)43-25(38)15-19(3)4/h19-23,26-30,32,34-36,39-40H,7-18H2,1-6H3. The molecule has 2 rings (SSSR count). The van der Waals surface area contributed by atoms with Crippen LogP contribution in [0.4, 0.5) is 0 Å². The Hall–Kier alpha value is -1.91. The summed E-state index contributed by atoms with van der Waals surface area (Å²) in [5.74, 6) is -4.45. The van der Waals surface area contributed by atoms with Gasteiger partial charge in [-0.2, -0.15) is 0 Å². The van der Waals surface area contributed by atoms with Crippen LogP contribution in [0.2, 0.25) is 0 Å². The number of carbonyl (C=O) groups is 3.